The summed E-state index contributed by atoms with van der Waals surface area (Å²) in [5.74, 6) is 1.94. The molecule has 2 unspecified atom stereocenters. The Bertz CT molecular complexity index is 139. The predicted octanol–water partition coefficient (Wildman–Crippen LogP) is 5.38. The van der Waals surface area contributed by atoms with Crippen molar-refractivity contribution in [3.05, 3.63) is 6.42 Å². The van der Waals surface area contributed by atoms with Crippen molar-refractivity contribution in [2.75, 3.05) is 0 Å². The van der Waals surface area contributed by atoms with Gasteiger partial charge in [-0.05, 0) is 31.1 Å². The van der Waals surface area contributed by atoms with E-state index in [0.29, 0.717) is 0 Å². The number of hydrogen-bond donors (Lipinski definition) is 0. The lowest BCUT2D eigenvalue weighted by atomic mass is 9.80. The molecule has 89 valence electrons. The Labute approximate surface area is 96.8 Å². The van der Waals surface area contributed by atoms with Gasteiger partial charge in [-0.1, -0.05) is 65.2 Å². The van der Waals surface area contributed by atoms with Crippen molar-refractivity contribution in [3.8, 4) is 0 Å². The van der Waals surface area contributed by atoms with Crippen molar-refractivity contribution in [3.63, 3.8) is 0 Å². The maximum Gasteiger partial charge on any atom is -0.0357 e. The normalized spacial score (nSPS) is 26.8. The van der Waals surface area contributed by atoms with Crippen molar-refractivity contribution < 1.29 is 0 Å². The molecular weight excluding hydrogens is 180 g/mol. The van der Waals surface area contributed by atoms with Gasteiger partial charge < -0.3 is 0 Å². The molecule has 0 aromatic rings. The first-order valence-electron chi connectivity index (χ1n) is 7.16. The highest BCUT2D eigenvalue weighted by Gasteiger charge is 2.18. The van der Waals surface area contributed by atoms with E-state index in [1.807, 2.05) is 0 Å². The number of unbranched alkanes of at least 4 members (excludes halogenated alkanes) is 5. The van der Waals surface area contributed by atoms with Gasteiger partial charge in [-0.25, -0.2) is 0 Å². The fourth-order valence-corrected chi connectivity index (χ4v) is 2.83. The van der Waals surface area contributed by atoms with E-state index >= 15 is 0 Å². The van der Waals surface area contributed by atoms with Crippen LogP contribution in [-0.2, 0) is 0 Å². The third-order valence-electron chi connectivity index (χ3n) is 3.81. The Morgan fingerprint density at radius 3 is 2.53 bits per heavy atom. The molecule has 0 heterocycles. The molecular formula is C15H29. The molecule has 1 aliphatic rings. The van der Waals surface area contributed by atoms with Crippen molar-refractivity contribution in [1.29, 1.82) is 0 Å². The summed E-state index contributed by atoms with van der Waals surface area (Å²) in [7, 11) is 0. The first-order valence-corrected chi connectivity index (χ1v) is 7.16. The smallest absolute Gasteiger partial charge is 0.0357 e. The van der Waals surface area contributed by atoms with Crippen LogP contribution in [0.15, 0.2) is 0 Å². The molecule has 0 bridgehead atoms. The molecule has 1 saturated carbocycles. The zero-order chi connectivity index (χ0) is 10.9. The molecule has 0 aliphatic heterocycles. The van der Waals surface area contributed by atoms with Crippen LogP contribution in [0, 0.1) is 18.3 Å². The topological polar surface area (TPSA) is 0 Å². The highest BCUT2D eigenvalue weighted by atomic mass is 14.2. The number of hydrogen-bond acceptors (Lipinski definition) is 0. The van der Waals surface area contributed by atoms with Crippen LogP contribution >= 0.6 is 0 Å². The van der Waals surface area contributed by atoms with Crippen LogP contribution < -0.4 is 0 Å². The van der Waals surface area contributed by atoms with E-state index in [9.17, 15) is 0 Å². The zero-order valence-corrected chi connectivity index (χ0v) is 10.8. The molecule has 0 spiro atoms. The van der Waals surface area contributed by atoms with Gasteiger partial charge in [0.05, 0.1) is 0 Å². The molecule has 1 rings (SSSR count). The van der Waals surface area contributed by atoms with E-state index in [1.165, 1.54) is 64.2 Å². The van der Waals surface area contributed by atoms with Crippen molar-refractivity contribution in [2.45, 2.75) is 78.1 Å². The summed E-state index contributed by atoms with van der Waals surface area (Å²) in [4.78, 5) is 0. The van der Waals surface area contributed by atoms with Crippen LogP contribution in [0.25, 0.3) is 0 Å². The van der Waals surface area contributed by atoms with Crippen molar-refractivity contribution in [1.82, 2.24) is 0 Å². The minimum absolute atomic E-state index is 0.892. The van der Waals surface area contributed by atoms with Crippen LogP contribution in [0.1, 0.15) is 78.1 Å². The van der Waals surface area contributed by atoms with Gasteiger partial charge in [0.2, 0.25) is 0 Å². The van der Waals surface area contributed by atoms with Gasteiger partial charge in [0, 0.05) is 0 Å². The Morgan fingerprint density at radius 1 is 1.07 bits per heavy atom. The van der Waals surface area contributed by atoms with Gasteiger partial charge in [0.1, 0.15) is 0 Å². The first kappa shape index (κ1) is 13.1. The van der Waals surface area contributed by atoms with Gasteiger partial charge in [0.15, 0.2) is 0 Å². The summed E-state index contributed by atoms with van der Waals surface area (Å²) >= 11 is 0. The summed E-state index contributed by atoms with van der Waals surface area (Å²) in [6.45, 7) is 4.67. The van der Waals surface area contributed by atoms with Gasteiger partial charge >= 0.3 is 0 Å². The van der Waals surface area contributed by atoms with Crippen molar-refractivity contribution in [2.24, 2.45) is 11.8 Å². The van der Waals surface area contributed by atoms with Crippen molar-refractivity contribution >= 4 is 0 Å². The highest BCUT2D eigenvalue weighted by molar-refractivity contribution is 4.82. The Morgan fingerprint density at radius 2 is 1.80 bits per heavy atom. The van der Waals surface area contributed by atoms with E-state index < -0.39 is 0 Å². The van der Waals surface area contributed by atoms with E-state index in [-0.39, 0.29) is 0 Å². The zero-order valence-electron chi connectivity index (χ0n) is 10.8. The quantitative estimate of drug-likeness (QED) is 0.494. The Hall–Kier alpha value is 0. The lowest BCUT2D eigenvalue weighted by Gasteiger charge is -2.26. The predicted molar refractivity (Wildman–Crippen MR) is 68.8 cm³/mol. The molecule has 0 N–H and O–H groups in total. The van der Waals surface area contributed by atoms with Crippen LogP contribution in [0.5, 0.6) is 0 Å². The van der Waals surface area contributed by atoms with Gasteiger partial charge in [-0.2, -0.15) is 0 Å². The van der Waals surface area contributed by atoms with Crippen LogP contribution in [0.4, 0.5) is 0 Å². The SMILES string of the molecule is CCCCCCCCC1CC[CH]C(C)C1. The second kappa shape index (κ2) is 8.19. The second-order valence-electron chi connectivity index (χ2n) is 5.45. The van der Waals surface area contributed by atoms with Crippen LogP contribution in [0.2, 0.25) is 0 Å². The molecule has 0 amide bonds. The molecule has 2 atom stereocenters. The summed E-state index contributed by atoms with van der Waals surface area (Å²) in [5, 5.41) is 0. The maximum atomic E-state index is 2.51. The maximum absolute atomic E-state index is 2.51. The third-order valence-corrected chi connectivity index (χ3v) is 3.81. The molecule has 0 nitrogen and oxygen atoms in total. The summed E-state index contributed by atoms with van der Waals surface area (Å²) in [6.07, 6.45) is 17.0. The van der Waals surface area contributed by atoms with E-state index in [2.05, 4.69) is 20.3 Å². The van der Waals surface area contributed by atoms with Gasteiger partial charge in [0.25, 0.3) is 0 Å². The van der Waals surface area contributed by atoms with E-state index in [4.69, 9.17) is 0 Å². The molecule has 0 saturated heterocycles. The summed E-state index contributed by atoms with van der Waals surface area (Å²) in [5.41, 5.74) is 0. The second-order valence-corrected chi connectivity index (χ2v) is 5.45. The average molecular weight is 209 g/mol. The average Bonchev–Trinajstić information content (AvgIpc) is 2.23. The van der Waals surface area contributed by atoms with E-state index in [0.717, 1.165) is 11.8 Å². The first-order chi connectivity index (χ1) is 7.33. The summed E-state index contributed by atoms with van der Waals surface area (Å²) < 4.78 is 0. The Kier molecular flexibility index (Phi) is 7.13. The molecule has 15 heavy (non-hydrogen) atoms. The Balaban J connectivity index is 1.90. The third kappa shape index (κ3) is 6.22. The fraction of sp³-hybridized carbons (Fsp3) is 0.933. The largest absolute Gasteiger partial charge is 0.0654 e. The summed E-state index contributed by atoms with van der Waals surface area (Å²) in [6, 6.07) is 0. The highest BCUT2D eigenvalue weighted by Crippen LogP contribution is 2.31. The number of rotatable bonds is 7. The molecule has 0 aromatic carbocycles. The molecule has 1 radical (unpaired) electrons. The standard InChI is InChI=1S/C15H29/c1-3-4-5-6-7-8-11-15-12-9-10-14(2)13-15/h10,14-15H,3-9,11-13H2,1-2H3. The monoisotopic (exact) mass is 209 g/mol. The van der Waals surface area contributed by atoms with Crippen LogP contribution in [0.3, 0.4) is 0 Å². The van der Waals surface area contributed by atoms with Crippen LogP contribution in [-0.4, -0.2) is 0 Å². The fourth-order valence-electron chi connectivity index (χ4n) is 2.83. The lowest BCUT2D eigenvalue weighted by Crippen LogP contribution is -2.13. The molecule has 1 fully saturated rings. The minimum atomic E-state index is 0.892. The molecule has 1 aliphatic carbocycles. The van der Waals surface area contributed by atoms with Gasteiger partial charge in [-0.3, -0.25) is 0 Å². The van der Waals surface area contributed by atoms with Gasteiger partial charge in [-0.15, -0.1) is 0 Å². The lowest BCUT2D eigenvalue weighted by molar-refractivity contribution is 0.313. The molecule has 0 aromatic heterocycles. The minimum Gasteiger partial charge on any atom is -0.0654 e. The van der Waals surface area contributed by atoms with E-state index in [1.54, 1.807) is 0 Å². The molecule has 0 heteroatoms.